The Bertz CT molecular complexity index is 1010. The molecule has 0 radical (unpaired) electrons. The number of hydrogen-bond donors (Lipinski definition) is 0. The maximum Gasteiger partial charge on any atom is 0.170 e. The van der Waals surface area contributed by atoms with Gasteiger partial charge in [-0.25, -0.2) is 9.07 Å². The lowest BCUT2D eigenvalue weighted by Gasteiger charge is -2.25. The molecular formula is C25H27FN2O. The average molecular weight is 391 g/mol. The molecule has 0 fully saturated rings. The number of hydrogen-bond acceptors (Lipinski definition) is 2. The van der Waals surface area contributed by atoms with E-state index in [1.807, 2.05) is 4.68 Å². The van der Waals surface area contributed by atoms with Gasteiger partial charge in [-0.1, -0.05) is 45.0 Å². The highest BCUT2D eigenvalue weighted by molar-refractivity contribution is 5.75. The van der Waals surface area contributed by atoms with Crippen LogP contribution in [0.5, 0.6) is 0 Å². The van der Waals surface area contributed by atoms with E-state index in [1.54, 1.807) is 12.1 Å². The summed E-state index contributed by atoms with van der Waals surface area (Å²) in [6, 6.07) is 15.2. The monoisotopic (exact) mass is 390 g/mol. The molecule has 29 heavy (non-hydrogen) atoms. The summed E-state index contributed by atoms with van der Waals surface area (Å²) in [6.45, 7) is 6.66. The highest BCUT2D eigenvalue weighted by Gasteiger charge is 2.29. The van der Waals surface area contributed by atoms with Crippen LogP contribution in [0.1, 0.15) is 72.4 Å². The van der Waals surface area contributed by atoms with E-state index >= 15 is 0 Å². The summed E-state index contributed by atoms with van der Waals surface area (Å²) in [6.07, 6.45) is 4.72. The molecule has 0 aliphatic heterocycles. The Morgan fingerprint density at radius 3 is 2.41 bits per heavy atom. The van der Waals surface area contributed by atoms with E-state index < -0.39 is 0 Å². The van der Waals surface area contributed by atoms with Crippen LogP contribution in [-0.2, 0) is 18.3 Å². The van der Waals surface area contributed by atoms with Crippen LogP contribution in [0.3, 0.4) is 0 Å². The smallest absolute Gasteiger partial charge is 0.170 e. The predicted molar refractivity (Wildman–Crippen MR) is 113 cm³/mol. The van der Waals surface area contributed by atoms with Gasteiger partial charge in [-0.05, 0) is 66.5 Å². The molecule has 1 aliphatic carbocycles. The summed E-state index contributed by atoms with van der Waals surface area (Å²) >= 11 is 0. The highest BCUT2D eigenvalue weighted by atomic mass is 19.1. The summed E-state index contributed by atoms with van der Waals surface area (Å²) in [5.74, 6) is 0.00589. The van der Waals surface area contributed by atoms with E-state index in [2.05, 4.69) is 50.1 Å². The lowest BCUT2D eigenvalue weighted by atomic mass is 9.81. The first-order valence-electron chi connectivity index (χ1n) is 10.3. The van der Waals surface area contributed by atoms with Crippen LogP contribution in [0, 0.1) is 5.82 Å². The standard InChI is InChI=1S/C25H27FN2O/c1-25(2,3)19-9-7-17(8-10-19)15-18-5-4-6-22-23(16-29)27-28(24(18)22)21-13-11-20(26)12-14-21/h7-14,16,18H,4-6,15H2,1-3H3. The lowest BCUT2D eigenvalue weighted by molar-refractivity contribution is 0.111. The molecule has 3 aromatic rings. The number of aromatic nitrogens is 2. The average Bonchev–Trinajstić information content (AvgIpc) is 3.08. The molecule has 4 heteroatoms. The fourth-order valence-electron chi connectivity index (χ4n) is 4.32. The van der Waals surface area contributed by atoms with Gasteiger partial charge in [0.05, 0.1) is 11.4 Å². The van der Waals surface area contributed by atoms with Gasteiger partial charge >= 0.3 is 0 Å². The zero-order valence-corrected chi connectivity index (χ0v) is 17.3. The third kappa shape index (κ3) is 3.89. The third-order valence-corrected chi connectivity index (χ3v) is 5.91. The van der Waals surface area contributed by atoms with Gasteiger partial charge in [-0.2, -0.15) is 5.10 Å². The molecular weight excluding hydrogens is 363 g/mol. The van der Waals surface area contributed by atoms with Crippen molar-refractivity contribution in [2.24, 2.45) is 0 Å². The van der Waals surface area contributed by atoms with Crippen LogP contribution >= 0.6 is 0 Å². The van der Waals surface area contributed by atoms with Crippen molar-refractivity contribution in [2.45, 2.75) is 57.8 Å². The van der Waals surface area contributed by atoms with Crippen LogP contribution in [0.15, 0.2) is 48.5 Å². The van der Waals surface area contributed by atoms with E-state index in [-0.39, 0.29) is 17.2 Å². The van der Waals surface area contributed by atoms with Crippen molar-refractivity contribution in [3.05, 3.63) is 82.4 Å². The number of aldehydes is 1. The molecule has 0 bridgehead atoms. The molecule has 0 spiro atoms. The van der Waals surface area contributed by atoms with Gasteiger partial charge in [0.15, 0.2) is 6.29 Å². The van der Waals surface area contributed by atoms with E-state index in [9.17, 15) is 9.18 Å². The van der Waals surface area contributed by atoms with Crippen molar-refractivity contribution < 1.29 is 9.18 Å². The van der Waals surface area contributed by atoms with Gasteiger partial charge in [-0.3, -0.25) is 4.79 Å². The number of fused-ring (bicyclic) bond motifs is 1. The van der Waals surface area contributed by atoms with Crippen molar-refractivity contribution >= 4 is 6.29 Å². The van der Waals surface area contributed by atoms with E-state index in [4.69, 9.17) is 0 Å². The molecule has 0 saturated carbocycles. The summed E-state index contributed by atoms with van der Waals surface area (Å²) in [5, 5.41) is 4.57. The van der Waals surface area contributed by atoms with Gasteiger partial charge in [0.2, 0.25) is 0 Å². The topological polar surface area (TPSA) is 34.9 Å². The number of halogens is 1. The minimum atomic E-state index is -0.277. The molecule has 1 unspecified atom stereocenters. The molecule has 1 atom stereocenters. The Morgan fingerprint density at radius 2 is 1.79 bits per heavy atom. The lowest BCUT2D eigenvalue weighted by Crippen LogP contribution is -2.16. The van der Waals surface area contributed by atoms with Crippen molar-refractivity contribution in [2.75, 3.05) is 0 Å². The quantitative estimate of drug-likeness (QED) is 0.529. The molecule has 1 heterocycles. The van der Waals surface area contributed by atoms with Crippen LogP contribution < -0.4 is 0 Å². The maximum atomic E-state index is 13.4. The molecule has 150 valence electrons. The molecule has 3 nitrogen and oxygen atoms in total. The second-order valence-corrected chi connectivity index (χ2v) is 9.00. The molecule has 4 rings (SSSR count). The Labute approximate surface area is 171 Å². The Kier molecular flexibility index (Phi) is 5.12. The second kappa shape index (κ2) is 7.58. The Morgan fingerprint density at radius 1 is 1.10 bits per heavy atom. The second-order valence-electron chi connectivity index (χ2n) is 9.00. The highest BCUT2D eigenvalue weighted by Crippen LogP contribution is 2.37. The predicted octanol–water partition coefficient (Wildman–Crippen LogP) is 5.78. The normalized spacial score (nSPS) is 16.5. The van der Waals surface area contributed by atoms with Crippen LogP contribution in [0.25, 0.3) is 5.69 Å². The van der Waals surface area contributed by atoms with Crippen LogP contribution in [-0.4, -0.2) is 16.1 Å². The van der Waals surface area contributed by atoms with Crippen molar-refractivity contribution in [1.29, 1.82) is 0 Å². The minimum absolute atomic E-state index is 0.136. The fourth-order valence-corrected chi connectivity index (χ4v) is 4.32. The molecule has 0 saturated heterocycles. The zero-order valence-electron chi connectivity index (χ0n) is 17.3. The van der Waals surface area contributed by atoms with Crippen molar-refractivity contribution in [3.63, 3.8) is 0 Å². The first-order valence-corrected chi connectivity index (χ1v) is 10.3. The van der Waals surface area contributed by atoms with Gasteiger partial charge < -0.3 is 0 Å². The van der Waals surface area contributed by atoms with Crippen LogP contribution in [0.4, 0.5) is 4.39 Å². The Balaban J connectivity index is 1.71. The maximum absolute atomic E-state index is 13.4. The van der Waals surface area contributed by atoms with Gasteiger partial charge in [0, 0.05) is 11.5 Å². The molecule has 1 aromatic heterocycles. The summed E-state index contributed by atoms with van der Waals surface area (Å²) < 4.78 is 15.3. The van der Waals surface area contributed by atoms with E-state index in [0.29, 0.717) is 5.69 Å². The van der Waals surface area contributed by atoms with Gasteiger partial charge in [0.25, 0.3) is 0 Å². The molecule has 0 amide bonds. The summed E-state index contributed by atoms with van der Waals surface area (Å²) in [7, 11) is 0. The molecule has 2 aromatic carbocycles. The summed E-state index contributed by atoms with van der Waals surface area (Å²) in [4.78, 5) is 11.6. The van der Waals surface area contributed by atoms with E-state index in [1.165, 1.54) is 23.3 Å². The van der Waals surface area contributed by atoms with Gasteiger partial charge in [-0.15, -0.1) is 0 Å². The number of rotatable bonds is 4. The van der Waals surface area contributed by atoms with E-state index in [0.717, 1.165) is 48.9 Å². The number of benzene rings is 2. The fraction of sp³-hybridized carbons (Fsp3) is 0.360. The first-order chi connectivity index (χ1) is 13.9. The van der Waals surface area contributed by atoms with Gasteiger partial charge in [0.1, 0.15) is 11.5 Å². The Hall–Kier alpha value is -2.75. The largest absolute Gasteiger partial charge is 0.296 e. The van der Waals surface area contributed by atoms with Crippen molar-refractivity contribution in [1.82, 2.24) is 9.78 Å². The summed E-state index contributed by atoms with van der Waals surface area (Å²) in [5.41, 5.74) is 6.21. The van der Waals surface area contributed by atoms with Crippen molar-refractivity contribution in [3.8, 4) is 5.69 Å². The zero-order chi connectivity index (χ0) is 20.6. The molecule has 1 aliphatic rings. The number of carbonyl (C=O) groups is 1. The molecule has 0 N–H and O–H groups in total. The first kappa shape index (κ1) is 19.6. The number of nitrogens with zero attached hydrogens (tertiary/aromatic N) is 2. The minimum Gasteiger partial charge on any atom is -0.296 e. The van der Waals surface area contributed by atoms with Crippen LogP contribution in [0.2, 0.25) is 0 Å². The SMILES string of the molecule is CC(C)(C)c1ccc(CC2CCCc3c(C=O)nn(-c4ccc(F)cc4)c32)cc1. The number of carbonyl (C=O) groups excluding carboxylic acids is 1. The third-order valence-electron chi connectivity index (χ3n) is 5.91.